The molecule has 2 saturated heterocycles. The van der Waals surface area contributed by atoms with Crippen LogP contribution in [0.1, 0.15) is 28.8 Å². The van der Waals surface area contributed by atoms with Gasteiger partial charge in [-0.25, -0.2) is 18.1 Å². The molecule has 1 amide bonds. The molecule has 2 aliphatic rings. The maximum atomic E-state index is 12.6. The van der Waals surface area contributed by atoms with Crippen molar-refractivity contribution < 1.29 is 17.9 Å². The van der Waals surface area contributed by atoms with Gasteiger partial charge in [-0.05, 0) is 49.7 Å². The van der Waals surface area contributed by atoms with Gasteiger partial charge in [0, 0.05) is 57.6 Å². The smallest absolute Gasteiger partial charge is 0.251 e. The lowest BCUT2D eigenvalue weighted by atomic mass is 10.2. The SMILES string of the molecule is CN1CCN(c2ccc(CNC(=O)c3cccc(S(=O)(=O)NCC4CCCO4)c3)cn2)CC1. The molecular weight excluding hydrogens is 442 g/mol. The van der Waals surface area contributed by atoms with Crippen molar-refractivity contribution >= 4 is 21.7 Å². The molecule has 2 aromatic rings. The average Bonchev–Trinajstić information content (AvgIpc) is 3.36. The maximum absolute atomic E-state index is 12.6. The van der Waals surface area contributed by atoms with Gasteiger partial charge < -0.3 is 19.9 Å². The van der Waals surface area contributed by atoms with E-state index in [9.17, 15) is 13.2 Å². The first-order chi connectivity index (χ1) is 15.9. The van der Waals surface area contributed by atoms with Crippen molar-refractivity contribution in [3.05, 3.63) is 53.7 Å². The first-order valence-corrected chi connectivity index (χ1v) is 12.8. The van der Waals surface area contributed by atoms with Crippen LogP contribution in [0.2, 0.25) is 0 Å². The predicted molar refractivity (Wildman–Crippen MR) is 126 cm³/mol. The van der Waals surface area contributed by atoms with Gasteiger partial charge in [0.25, 0.3) is 5.91 Å². The standard InChI is InChI=1S/C23H31N5O4S/c1-27-9-11-28(12-10-27)22-8-7-18(15-24-22)16-25-23(29)19-4-2-6-21(14-19)33(30,31)26-17-20-5-3-13-32-20/h2,4,6-8,14-15,20,26H,3,5,9-13,16-17H2,1H3,(H,25,29). The van der Waals surface area contributed by atoms with Crippen molar-refractivity contribution in [3.8, 4) is 0 Å². The monoisotopic (exact) mass is 473 g/mol. The Morgan fingerprint density at radius 2 is 2.00 bits per heavy atom. The summed E-state index contributed by atoms with van der Waals surface area (Å²) in [5, 5.41) is 2.84. The van der Waals surface area contributed by atoms with E-state index < -0.39 is 10.0 Å². The van der Waals surface area contributed by atoms with E-state index in [1.54, 1.807) is 18.3 Å². The Balaban J connectivity index is 1.32. The number of benzene rings is 1. The van der Waals surface area contributed by atoms with Gasteiger partial charge in [-0.2, -0.15) is 0 Å². The number of pyridine rings is 1. The number of carbonyl (C=O) groups excluding carboxylic acids is 1. The molecule has 0 saturated carbocycles. The molecular formula is C23H31N5O4S. The fourth-order valence-corrected chi connectivity index (χ4v) is 5.04. The predicted octanol–water partition coefficient (Wildman–Crippen LogP) is 1.22. The molecule has 0 spiro atoms. The number of aromatic nitrogens is 1. The lowest BCUT2D eigenvalue weighted by Crippen LogP contribution is -2.44. The Bertz CT molecular complexity index is 1050. The summed E-state index contributed by atoms with van der Waals surface area (Å²) in [6, 6.07) is 9.97. The molecule has 2 fully saturated rings. The average molecular weight is 474 g/mol. The molecule has 1 aromatic heterocycles. The second kappa shape index (κ2) is 10.6. The number of sulfonamides is 1. The number of hydrogen-bond donors (Lipinski definition) is 2. The lowest BCUT2D eigenvalue weighted by Gasteiger charge is -2.33. The highest BCUT2D eigenvalue weighted by Crippen LogP contribution is 2.16. The summed E-state index contributed by atoms with van der Waals surface area (Å²) in [6.45, 7) is 5.12. The molecule has 2 aliphatic heterocycles. The number of piperazine rings is 1. The van der Waals surface area contributed by atoms with Crippen molar-refractivity contribution in [2.24, 2.45) is 0 Å². The summed E-state index contributed by atoms with van der Waals surface area (Å²) < 4.78 is 33.3. The summed E-state index contributed by atoms with van der Waals surface area (Å²) in [5.41, 5.74) is 1.17. The summed E-state index contributed by atoms with van der Waals surface area (Å²) in [6.07, 6.45) is 3.46. The van der Waals surface area contributed by atoms with Crippen molar-refractivity contribution in [1.82, 2.24) is 19.9 Å². The Morgan fingerprint density at radius 1 is 1.18 bits per heavy atom. The fraction of sp³-hybridized carbons (Fsp3) is 0.478. The Kier molecular flexibility index (Phi) is 7.59. The molecule has 178 valence electrons. The third-order valence-corrected chi connectivity index (χ3v) is 7.44. The lowest BCUT2D eigenvalue weighted by molar-refractivity contribution is 0.0950. The van der Waals surface area contributed by atoms with Crippen molar-refractivity contribution in [2.75, 3.05) is 51.3 Å². The molecule has 33 heavy (non-hydrogen) atoms. The van der Waals surface area contributed by atoms with Crippen LogP contribution in [0.15, 0.2) is 47.5 Å². The van der Waals surface area contributed by atoms with Gasteiger partial charge in [0.2, 0.25) is 10.0 Å². The molecule has 1 unspecified atom stereocenters. The molecule has 0 radical (unpaired) electrons. The number of nitrogens with one attached hydrogen (secondary N) is 2. The second-order valence-electron chi connectivity index (χ2n) is 8.51. The third-order valence-electron chi connectivity index (χ3n) is 6.02. The minimum atomic E-state index is -3.72. The third kappa shape index (κ3) is 6.29. The zero-order valence-corrected chi connectivity index (χ0v) is 19.7. The van der Waals surface area contributed by atoms with Crippen LogP contribution in [0.3, 0.4) is 0 Å². The van der Waals surface area contributed by atoms with Gasteiger partial charge in [-0.3, -0.25) is 4.79 Å². The highest BCUT2D eigenvalue weighted by molar-refractivity contribution is 7.89. The summed E-state index contributed by atoms with van der Waals surface area (Å²) in [7, 11) is -1.60. The van der Waals surface area contributed by atoms with Gasteiger partial charge in [-0.1, -0.05) is 12.1 Å². The van der Waals surface area contributed by atoms with E-state index in [-0.39, 0.29) is 29.0 Å². The summed E-state index contributed by atoms with van der Waals surface area (Å²) in [4.78, 5) is 21.8. The number of likely N-dealkylation sites (N-methyl/N-ethyl adjacent to an activating group) is 1. The molecule has 10 heteroatoms. The molecule has 0 aliphatic carbocycles. The van der Waals surface area contributed by atoms with Crippen LogP contribution in [0, 0.1) is 0 Å². The normalized spacial score (nSPS) is 19.5. The Hall–Kier alpha value is -2.53. The van der Waals surface area contributed by atoms with E-state index >= 15 is 0 Å². The first kappa shape index (κ1) is 23.6. The number of nitrogens with zero attached hydrogens (tertiary/aromatic N) is 3. The van der Waals surface area contributed by atoms with Crippen molar-refractivity contribution in [2.45, 2.75) is 30.4 Å². The van der Waals surface area contributed by atoms with Crippen LogP contribution < -0.4 is 14.9 Å². The van der Waals surface area contributed by atoms with Gasteiger partial charge in [-0.15, -0.1) is 0 Å². The fourth-order valence-electron chi connectivity index (χ4n) is 3.92. The zero-order chi connectivity index (χ0) is 23.3. The van der Waals surface area contributed by atoms with Crippen LogP contribution in [0.5, 0.6) is 0 Å². The van der Waals surface area contributed by atoms with Crippen LogP contribution in [0.4, 0.5) is 5.82 Å². The minimum Gasteiger partial charge on any atom is -0.377 e. The molecule has 0 bridgehead atoms. The van der Waals surface area contributed by atoms with Crippen LogP contribution >= 0.6 is 0 Å². The number of hydrogen-bond acceptors (Lipinski definition) is 7. The number of ether oxygens (including phenoxy) is 1. The minimum absolute atomic E-state index is 0.0614. The van der Waals surface area contributed by atoms with E-state index in [0.29, 0.717) is 13.2 Å². The molecule has 4 rings (SSSR count). The van der Waals surface area contributed by atoms with E-state index in [0.717, 1.165) is 50.4 Å². The van der Waals surface area contributed by atoms with Crippen LogP contribution in [-0.4, -0.2) is 76.7 Å². The van der Waals surface area contributed by atoms with Gasteiger partial charge in [0.1, 0.15) is 5.82 Å². The Labute approximate surface area is 195 Å². The highest BCUT2D eigenvalue weighted by atomic mass is 32.2. The number of carbonyl (C=O) groups is 1. The van der Waals surface area contributed by atoms with E-state index in [1.165, 1.54) is 12.1 Å². The van der Waals surface area contributed by atoms with E-state index in [2.05, 4.69) is 31.9 Å². The molecule has 2 N–H and O–H groups in total. The van der Waals surface area contributed by atoms with Crippen molar-refractivity contribution in [3.63, 3.8) is 0 Å². The van der Waals surface area contributed by atoms with Gasteiger partial charge in [0.05, 0.1) is 11.0 Å². The van der Waals surface area contributed by atoms with Gasteiger partial charge >= 0.3 is 0 Å². The van der Waals surface area contributed by atoms with Crippen LogP contribution in [0.25, 0.3) is 0 Å². The molecule has 1 atom stereocenters. The quantitative estimate of drug-likeness (QED) is 0.594. The largest absolute Gasteiger partial charge is 0.377 e. The van der Waals surface area contributed by atoms with Crippen LogP contribution in [-0.2, 0) is 21.3 Å². The zero-order valence-electron chi connectivity index (χ0n) is 18.9. The van der Waals surface area contributed by atoms with E-state index in [1.807, 2.05) is 12.1 Å². The topological polar surface area (TPSA) is 104 Å². The molecule has 1 aromatic carbocycles. The molecule has 3 heterocycles. The number of anilines is 1. The second-order valence-corrected chi connectivity index (χ2v) is 10.3. The number of rotatable bonds is 8. The summed E-state index contributed by atoms with van der Waals surface area (Å²) >= 11 is 0. The van der Waals surface area contributed by atoms with Gasteiger partial charge in [0.15, 0.2) is 0 Å². The molecule has 9 nitrogen and oxygen atoms in total. The Morgan fingerprint density at radius 3 is 2.70 bits per heavy atom. The van der Waals surface area contributed by atoms with E-state index in [4.69, 9.17) is 4.74 Å². The first-order valence-electron chi connectivity index (χ1n) is 11.3. The van der Waals surface area contributed by atoms with Crippen molar-refractivity contribution in [1.29, 1.82) is 0 Å². The maximum Gasteiger partial charge on any atom is 0.251 e. The highest BCUT2D eigenvalue weighted by Gasteiger charge is 2.21. The summed E-state index contributed by atoms with van der Waals surface area (Å²) in [5.74, 6) is 0.598. The number of amides is 1.